The molecule has 0 atom stereocenters. The van der Waals surface area contributed by atoms with Crippen LogP contribution in [0.4, 0.5) is 0 Å². The van der Waals surface area contributed by atoms with Crippen LogP contribution in [0.15, 0.2) is 152 Å². The molecule has 0 N–H and O–H groups in total. The monoisotopic (exact) mass is 561 g/mol. The molecular weight excluding hydrogens is 530 g/mol. The van der Waals surface area contributed by atoms with Gasteiger partial charge in [-0.3, -0.25) is 0 Å². The van der Waals surface area contributed by atoms with E-state index in [0.717, 1.165) is 27.2 Å². The topological polar surface area (TPSA) is 4.93 Å². The quantitative estimate of drug-likeness (QED) is 0.188. The maximum absolute atomic E-state index is 4.54. The van der Waals surface area contributed by atoms with Gasteiger partial charge in [-0.1, -0.05) is 122 Å². The Morgan fingerprint density at radius 3 is 1.64 bits per heavy atom. The van der Waals surface area contributed by atoms with E-state index >= 15 is 0 Å². The first-order valence-corrected chi connectivity index (χ1v) is 15.2. The summed E-state index contributed by atoms with van der Waals surface area (Å²) in [5.41, 5.74) is 7.10. The maximum Gasteiger partial charge on any atom is 0.0541 e. The highest BCUT2D eigenvalue weighted by Gasteiger charge is 2.12. The smallest absolute Gasteiger partial charge is 0.0541 e. The van der Waals surface area contributed by atoms with Crippen LogP contribution in [0.5, 0.6) is 0 Å². The van der Waals surface area contributed by atoms with Crippen molar-refractivity contribution in [1.29, 1.82) is 0 Å². The minimum absolute atomic E-state index is 1.04. The van der Waals surface area contributed by atoms with E-state index in [-0.39, 0.29) is 0 Å². The molecule has 0 radical (unpaired) electrons. The predicted molar refractivity (Wildman–Crippen MR) is 191 cm³/mol. The molecule has 0 fully saturated rings. The van der Waals surface area contributed by atoms with E-state index in [9.17, 15) is 0 Å². The standard InChI is InChI=1S/C43H31N/c1-3-4-21-42-29(2)40-27-33(23-25-43(40)44(42)34-15-6-5-7-16-34)31-14-12-13-30(26-31)32-22-24-39-37-19-9-8-17-35(37)36-18-10-11-20-38(36)41(39)28-32/h3-28H,2H2,1H3/b4-3-,42-21+. The summed E-state index contributed by atoms with van der Waals surface area (Å²) in [6.45, 7) is 6.58. The lowest BCUT2D eigenvalue weighted by Gasteiger charge is -2.12. The lowest BCUT2D eigenvalue weighted by molar-refractivity contribution is 1.07. The molecule has 0 aliphatic rings. The molecule has 1 aromatic heterocycles. The molecule has 0 amide bonds. The number of fused-ring (bicyclic) bond motifs is 7. The highest BCUT2D eigenvalue weighted by Crippen LogP contribution is 2.37. The first-order chi connectivity index (χ1) is 21.7. The third kappa shape index (κ3) is 4.17. The molecular formula is C43H31N. The van der Waals surface area contributed by atoms with Gasteiger partial charge in [0.05, 0.1) is 10.9 Å². The molecule has 44 heavy (non-hydrogen) atoms. The summed E-state index contributed by atoms with van der Waals surface area (Å²) in [6.07, 6.45) is 6.30. The van der Waals surface area contributed by atoms with Gasteiger partial charge in [-0.15, -0.1) is 0 Å². The maximum atomic E-state index is 4.54. The van der Waals surface area contributed by atoms with Gasteiger partial charge >= 0.3 is 0 Å². The number of allylic oxidation sites excluding steroid dienone is 2. The van der Waals surface area contributed by atoms with Crippen LogP contribution < -0.4 is 10.6 Å². The Labute approximate surface area is 257 Å². The molecule has 0 unspecified atom stereocenters. The largest absolute Gasteiger partial charge is 0.309 e. The summed E-state index contributed by atoms with van der Waals surface area (Å²) in [7, 11) is 0. The van der Waals surface area contributed by atoms with E-state index in [0.29, 0.717) is 0 Å². The van der Waals surface area contributed by atoms with Gasteiger partial charge in [-0.25, -0.2) is 0 Å². The third-order valence-electron chi connectivity index (χ3n) is 8.85. The number of benzene rings is 7. The van der Waals surface area contributed by atoms with E-state index < -0.39 is 0 Å². The van der Waals surface area contributed by atoms with Gasteiger partial charge in [-0.05, 0) is 104 Å². The minimum atomic E-state index is 1.04. The van der Waals surface area contributed by atoms with Gasteiger partial charge in [-0.2, -0.15) is 0 Å². The van der Waals surface area contributed by atoms with Crippen LogP contribution >= 0.6 is 0 Å². The summed E-state index contributed by atoms with van der Waals surface area (Å²) < 4.78 is 2.31. The molecule has 0 bridgehead atoms. The number of hydrogen-bond donors (Lipinski definition) is 0. The minimum Gasteiger partial charge on any atom is -0.309 e. The number of hydrogen-bond acceptors (Lipinski definition) is 0. The van der Waals surface area contributed by atoms with Crippen molar-refractivity contribution in [3.05, 3.63) is 162 Å². The fourth-order valence-corrected chi connectivity index (χ4v) is 6.74. The summed E-state index contributed by atoms with van der Waals surface area (Å²) in [4.78, 5) is 0. The first-order valence-electron chi connectivity index (χ1n) is 15.2. The predicted octanol–water partition coefficient (Wildman–Crippen LogP) is 10.2. The van der Waals surface area contributed by atoms with Crippen molar-refractivity contribution < 1.29 is 0 Å². The summed E-state index contributed by atoms with van der Waals surface area (Å²) in [5, 5.41) is 11.1. The first kappa shape index (κ1) is 26.0. The summed E-state index contributed by atoms with van der Waals surface area (Å²) in [6, 6.07) is 50.6. The molecule has 8 aromatic rings. The van der Waals surface area contributed by atoms with Crippen molar-refractivity contribution >= 4 is 55.9 Å². The Balaban J connectivity index is 1.28. The Hall–Kier alpha value is -5.66. The number of nitrogens with zero attached hydrogens (tertiary/aromatic N) is 1. The van der Waals surface area contributed by atoms with Crippen LogP contribution in [-0.4, -0.2) is 4.57 Å². The van der Waals surface area contributed by atoms with Crippen molar-refractivity contribution in [2.45, 2.75) is 6.92 Å². The van der Waals surface area contributed by atoms with E-state index in [1.54, 1.807) is 0 Å². The van der Waals surface area contributed by atoms with Crippen LogP contribution in [0, 0.1) is 0 Å². The number of para-hydroxylation sites is 1. The van der Waals surface area contributed by atoms with Crippen molar-refractivity contribution in [3.63, 3.8) is 0 Å². The lowest BCUT2D eigenvalue weighted by Crippen LogP contribution is -2.26. The van der Waals surface area contributed by atoms with Crippen molar-refractivity contribution in [3.8, 4) is 27.9 Å². The SMILES string of the molecule is C=c1/c(=C\C=C/C)n(-c2ccccc2)c2ccc(-c3cccc(-c4ccc5c6ccccc6c6ccccc6c5c4)c3)cc12. The van der Waals surface area contributed by atoms with E-state index in [1.165, 1.54) is 54.6 Å². The van der Waals surface area contributed by atoms with Crippen LogP contribution in [0.3, 0.4) is 0 Å². The van der Waals surface area contributed by atoms with Gasteiger partial charge in [0.25, 0.3) is 0 Å². The Morgan fingerprint density at radius 2 is 1.00 bits per heavy atom. The average molecular weight is 562 g/mol. The van der Waals surface area contributed by atoms with Crippen molar-refractivity contribution in [2.24, 2.45) is 0 Å². The zero-order valence-electron chi connectivity index (χ0n) is 24.7. The lowest BCUT2D eigenvalue weighted by atomic mass is 9.91. The fraction of sp³-hybridized carbons (Fsp3) is 0.0233. The van der Waals surface area contributed by atoms with Gasteiger partial charge in [0.15, 0.2) is 0 Å². The van der Waals surface area contributed by atoms with Gasteiger partial charge in [0, 0.05) is 16.3 Å². The molecule has 7 aromatic carbocycles. The highest BCUT2D eigenvalue weighted by atomic mass is 15.0. The molecule has 0 spiro atoms. The molecule has 0 saturated carbocycles. The second kappa shape index (κ2) is 10.6. The zero-order valence-corrected chi connectivity index (χ0v) is 24.7. The zero-order chi connectivity index (χ0) is 29.6. The Bertz CT molecular complexity index is 2480. The Morgan fingerprint density at radius 1 is 0.477 bits per heavy atom. The van der Waals surface area contributed by atoms with E-state index in [4.69, 9.17) is 0 Å². The van der Waals surface area contributed by atoms with Gasteiger partial charge in [0.1, 0.15) is 0 Å². The van der Waals surface area contributed by atoms with Crippen molar-refractivity contribution in [1.82, 2.24) is 4.57 Å². The molecule has 1 heteroatoms. The normalized spacial score (nSPS) is 12.3. The Kier molecular flexibility index (Phi) is 6.24. The highest BCUT2D eigenvalue weighted by molar-refractivity contribution is 6.25. The van der Waals surface area contributed by atoms with E-state index in [2.05, 4.69) is 169 Å². The number of rotatable bonds is 4. The molecule has 8 rings (SSSR count). The second-order valence-corrected chi connectivity index (χ2v) is 11.4. The molecule has 1 nitrogen and oxygen atoms in total. The molecule has 1 heterocycles. The summed E-state index contributed by atoms with van der Waals surface area (Å²) >= 11 is 0. The third-order valence-corrected chi connectivity index (χ3v) is 8.85. The number of aromatic nitrogens is 1. The fourth-order valence-electron chi connectivity index (χ4n) is 6.74. The van der Waals surface area contributed by atoms with Crippen LogP contribution in [0.25, 0.3) is 83.8 Å². The van der Waals surface area contributed by atoms with Gasteiger partial charge in [0.2, 0.25) is 0 Å². The van der Waals surface area contributed by atoms with Crippen LogP contribution in [-0.2, 0) is 0 Å². The van der Waals surface area contributed by atoms with Gasteiger partial charge < -0.3 is 4.57 Å². The second-order valence-electron chi connectivity index (χ2n) is 11.4. The molecule has 0 saturated heterocycles. The van der Waals surface area contributed by atoms with Crippen molar-refractivity contribution in [2.75, 3.05) is 0 Å². The molecule has 208 valence electrons. The van der Waals surface area contributed by atoms with Crippen LogP contribution in [0.2, 0.25) is 0 Å². The summed E-state index contributed by atoms with van der Waals surface area (Å²) in [5.74, 6) is 0. The molecule has 0 aliphatic carbocycles. The van der Waals surface area contributed by atoms with E-state index in [1.807, 2.05) is 6.92 Å². The average Bonchev–Trinajstić information content (AvgIpc) is 3.37. The van der Waals surface area contributed by atoms with Crippen LogP contribution in [0.1, 0.15) is 6.92 Å². The molecule has 0 aliphatic heterocycles.